The van der Waals surface area contributed by atoms with Gasteiger partial charge in [0.2, 0.25) is 5.91 Å². The molecule has 0 unspecified atom stereocenters. The summed E-state index contributed by atoms with van der Waals surface area (Å²) in [6.45, 7) is 2.33. The van der Waals surface area contributed by atoms with Crippen LogP contribution >= 0.6 is 11.6 Å². The largest absolute Gasteiger partial charge is 0.311 e. The van der Waals surface area contributed by atoms with Crippen molar-refractivity contribution in [1.82, 2.24) is 0 Å². The molecule has 3 heteroatoms. The van der Waals surface area contributed by atoms with Crippen LogP contribution < -0.4 is 4.90 Å². The van der Waals surface area contributed by atoms with Crippen LogP contribution in [0.5, 0.6) is 0 Å². The Morgan fingerprint density at radius 3 is 3.00 bits per heavy atom. The molecular formula is C10H10ClNO. The second kappa shape index (κ2) is 3.04. The van der Waals surface area contributed by atoms with Gasteiger partial charge in [-0.1, -0.05) is 23.7 Å². The Balaban J connectivity index is 2.52. The van der Waals surface area contributed by atoms with Crippen molar-refractivity contribution in [3.8, 4) is 0 Å². The highest BCUT2D eigenvalue weighted by Crippen LogP contribution is 2.34. The van der Waals surface area contributed by atoms with Gasteiger partial charge in [-0.3, -0.25) is 4.79 Å². The Hall–Kier alpha value is -1.02. The first-order valence-electron chi connectivity index (χ1n) is 4.25. The molecule has 0 spiro atoms. The molecule has 1 aliphatic rings. The molecule has 0 aliphatic carbocycles. The fourth-order valence-corrected chi connectivity index (χ4v) is 2.02. The molecule has 0 saturated heterocycles. The third-order valence-electron chi connectivity index (χ3n) is 2.33. The van der Waals surface area contributed by atoms with Crippen LogP contribution in [0, 0.1) is 0 Å². The van der Waals surface area contributed by atoms with Crippen molar-refractivity contribution in [2.45, 2.75) is 13.3 Å². The summed E-state index contributed by atoms with van der Waals surface area (Å²) in [4.78, 5) is 13.0. The van der Waals surface area contributed by atoms with E-state index in [1.54, 1.807) is 11.8 Å². The maximum atomic E-state index is 11.2. The molecule has 68 valence electrons. The van der Waals surface area contributed by atoms with Gasteiger partial charge in [-0.25, -0.2) is 0 Å². The number of halogens is 1. The van der Waals surface area contributed by atoms with Crippen LogP contribution in [0.3, 0.4) is 0 Å². The van der Waals surface area contributed by atoms with Crippen LogP contribution in [0.4, 0.5) is 5.69 Å². The zero-order valence-corrected chi connectivity index (χ0v) is 8.14. The SMILES string of the molecule is CC(=O)N1CCc2cccc(Cl)c21. The number of amides is 1. The number of fused-ring (bicyclic) bond motifs is 1. The standard InChI is InChI=1S/C10H10ClNO/c1-7(13)12-6-5-8-3-2-4-9(11)10(8)12/h2-4H,5-6H2,1H3. The van der Waals surface area contributed by atoms with Crippen molar-refractivity contribution in [3.63, 3.8) is 0 Å². The van der Waals surface area contributed by atoms with E-state index in [2.05, 4.69) is 0 Å². The van der Waals surface area contributed by atoms with Crippen LogP contribution in [0.15, 0.2) is 18.2 Å². The molecule has 0 saturated carbocycles. The Kier molecular flexibility index (Phi) is 2.00. The summed E-state index contributed by atoms with van der Waals surface area (Å²) in [7, 11) is 0. The van der Waals surface area contributed by atoms with Gasteiger partial charge in [-0.05, 0) is 18.1 Å². The topological polar surface area (TPSA) is 20.3 Å². The van der Waals surface area contributed by atoms with Crippen molar-refractivity contribution in [3.05, 3.63) is 28.8 Å². The van der Waals surface area contributed by atoms with E-state index in [1.165, 1.54) is 5.56 Å². The summed E-state index contributed by atoms with van der Waals surface area (Å²) in [5.74, 6) is 0.0619. The molecule has 0 aromatic heterocycles. The first kappa shape index (κ1) is 8.57. The zero-order chi connectivity index (χ0) is 9.42. The molecule has 2 rings (SSSR count). The van der Waals surface area contributed by atoms with Crippen molar-refractivity contribution in [1.29, 1.82) is 0 Å². The molecule has 0 fully saturated rings. The summed E-state index contributed by atoms with van der Waals surface area (Å²) >= 11 is 6.01. The number of carbonyl (C=O) groups is 1. The predicted molar refractivity (Wildman–Crippen MR) is 53.2 cm³/mol. The number of anilines is 1. The summed E-state index contributed by atoms with van der Waals surface area (Å²) in [5.41, 5.74) is 2.07. The van der Waals surface area contributed by atoms with E-state index in [0.717, 1.165) is 18.7 Å². The molecular weight excluding hydrogens is 186 g/mol. The van der Waals surface area contributed by atoms with E-state index in [1.807, 2.05) is 18.2 Å². The second-order valence-electron chi connectivity index (χ2n) is 3.17. The first-order valence-corrected chi connectivity index (χ1v) is 4.63. The average Bonchev–Trinajstić information content (AvgIpc) is 2.49. The lowest BCUT2D eigenvalue weighted by molar-refractivity contribution is -0.116. The minimum absolute atomic E-state index is 0.0619. The predicted octanol–water partition coefficient (Wildman–Crippen LogP) is 2.25. The van der Waals surface area contributed by atoms with Gasteiger partial charge >= 0.3 is 0 Å². The minimum atomic E-state index is 0.0619. The first-order chi connectivity index (χ1) is 6.20. The highest BCUT2D eigenvalue weighted by Gasteiger charge is 2.23. The second-order valence-corrected chi connectivity index (χ2v) is 3.58. The van der Waals surface area contributed by atoms with Crippen molar-refractivity contribution >= 4 is 23.2 Å². The van der Waals surface area contributed by atoms with Gasteiger partial charge in [0.15, 0.2) is 0 Å². The molecule has 13 heavy (non-hydrogen) atoms. The Morgan fingerprint density at radius 1 is 1.54 bits per heavy atom. The summed E-state index contributed by atoms with van der Waals surface area (Å²) in [5, 5.41) is 0.671. The van der Waals surface area contributed by atoms with Crippen LogP contribution in [0.1, 0.15) is 12.5 Å². The lowest BCUT2D eigenvalue weighted by atomic mass is 10.2. The highest BCUT2D eigenvalue weighted by molar-refractivity contribution is 6.34. The number of carbonyl (C=O) groups excluding carboxylic acids is 1. The third kappa shape index (κ3) is 1.31. The van der Waals surface area contributed by atoms with Crippen molar-refractivity contribution in [2.75, 3.05) is 11.4 Å². The molecule has 0 atom stereocenters. The Morgan fingerprint density at radius 2 is 2.31 bits per heavy atom. The highest BCUT2D eigenvalue weighted by atomic mass is 35.5. The number of benzene rings is 1. The van der Waals surface area contributed by atoms with Crippen molar-refractivity contribution < 1.29 is 4.79 Å². The number of hydrogen-bond donors (Lipinski definition) is 0. The number of hydrogen-bond acceptors (Lipinski definition) is 1. The lowest BCUT2D eigenvalue weighted by Gasteiger charge is -2.15. The van der Waals surface area contributed by atoms with E-state index >= 15 is 0 Å². The summed E-state index contributed by atoms with van der Waals surface area (Å²) < 4.78 is 0. The maximum Gasteiger partial charge on any atom is 0.223 e. The lowest BCUT2D eigenvalue weighted by Crippen LogP contribution is -2.25. The monoisotopic (exact) mass is 195 g/mol. The molecule has 0 bridgehead atoms. The summed E-state index contributed by atoms with van der Waals surface area (Å²) in [6.07, 6.45) is 0.912. The van der Waals surface area contributed by atoms with Crippen LogP contribution in [-0.4, -0.2) is 12.5 Å². The molecule has 1 amide bonds. The Bertz CT molecular complexity index is 362. The molecule has 0 N–H and O–H groups in total. The van der Waals surface area contributed by atoms with Gasteiger partial charge in [-0.15, -0.1) is 0 Å². The maximum absolute atomic E-state index is 11.2. The van der Waals surface area contributed by atoms with Gasteiger partial charge < -0.3 is 4.90 Å². The Labute approximate surface area is 82.1 Å². The summed E-state index contributed by atoms with van der Waals surface area (Å²) in [6, 6.07) is 5.76. The zero-order valence-electron chi connectivity index (χ0n) is 7.38. The van der Waals surface area contributed by atoms with Crippen molar-refractivity contribution in [2.24, 2.45) is 0 Å². The molecule has 1 aromatic rings. The fourth-order valence-electron chi connectivity index (χ4n) is 1.72. The quantitative estimate of drug-likeness (QED) is 0.622. The molecule has 0 radical (unpaired) electrons. The van der Waals surface area contributed by atoms with E-state index < -0.39 is 0 Å². The molecule has 1 heterocycles. The van der Waals surface area contributed by atoms with E-state index in [0.29, 0.717) is 5.02 Å². The van der Waals surface area contributed by atoms with E-state index in [4.69, 9.17) is 11.6 Å². The van der Waals surface area contributed by atoms with Gasteiger partial charge in [0.1, 0.15) is 0 Å². The van der Waals surface area contributed by atoms with Crippen LogP contribution in [0.25, 0.3) is 0 Å². The van der Waals surface area contributed by atoms with E-state index in [-0.39, 0.29) is 5.91 Å². The van der Waals surface area contributed by atoms with Gasteiger partial charge in [0.25, 0.3) is 0 Å². The number of para-hydroxylation sites is 1. The van der Waals surface area contributed by atoms with E-state index in [9.17, 15) is 4.79 Å². The van der Waals surface area contributed by atoms with Crippen LogP contribution in [-0.2, 0) is 11.2 Å². The smallest absolute Gasteiger partial charge is 0.223 e. The minimum Gasteiger partial charge on any atom is -0.311 e. The fraction of sp³-hybridized carbons (Fsp3) is 0.300. The third-order valence-corrected chi connectivity index (χ3v) is 2.63. The van der Waals surface area contributed by atoms with Gasteiger partial charge in [0.05, 0.1) is 10.7 Å². The number of nitrogens with zero attached hydrogens (tertiary/aromatic N) is 1. The molecule has 1 aromatic carbocycles. The normalized spacial score (nSPS) is 14.5. The molecule has 2 nitrogen and oxygen atoms in total. The van der Waals surface area contributed by atoms with Crippen LogP contribution in [0.2, 0.25) is 5.02 Å². The average molecular weight is 196 g/mol. The van der Waals surface area contributed by atoms with Gasteiger partial charge in [0, 0.05) is 13.5 Å². The molecule has 1 aliphatic heterocycles. The van der Waals surface area contributed by atoms with Gasteiger partial charge in [-0.2, -0.15) is 0 Å². The number of rotatable bonds is 0.